The number of benzene rings is 4. The zero-order valence-corrected chi connectivity index (χ0v) is 17.6. The number of nitrogens with zero attached hydrogens (tertiary/aromatic N) is 1. The first-order valence-electron chi connectivity index (χ1n) is 10.1. The van der Waals surface area contributed by atoms with Crippen LogP contribution in [-0.2, 0) is 5.54 Å². The maximum absolute atomic E-state index is 5.37. The van der Waals surface area contributed by atoms with Crippen molar-refractivity contribution < 1.29 is 0 Å². The Balaban J connectivity index is 0.000000269. The largest absolute Gasteiger partial charge is 0.399 e. The van der Waals surface area contributed by atoms with E-state index in [2.05, 4.69) is 110 Å². The van der Waals surface area contributed by atoms with Crippen molar-refractivity contribution in [2.45, 2.75) is 19.4 Å². The van der Waals surface area contributed by atoms with Crippen LogP contribution in [-0.4, -0.2) is 0 Å². The SMILES string of the molecule is CC(C)(c1ccccc1)N(c1ccccc1)c1ccccc1.Nc1ccc(N)cc1. The predicted molar refractivity (Wildman–Crippen MR) is 130 cm³/mol. The summed E-state index contributed by atoms with van der Waals surface area (Å²) in [6.45, 7) is 4.53. The lowest BCUT2D eigenvalue weighted by Gasteiger charge is -2.41. The Bertz CT molecular complexity index is 951. The van der Waals surface area contributed by atoms with Crippen molar-refractivity contribution >= 4 is 22.7 Å². The molecular formula is C27H29N3. The first-order valence-corrected chi connectivity index (χ1v) is 10.1. The molecule has 30 heavy (non-hydrogen) atoms. The highest BCUT2D eigenvalue weighted by atomic mass is 15.2. The van der Waals surface area contributed by atoms with Crippen molar-refractivity contribution in [2.75, 3.05) is 16.4 Å². The summed E-state index contributed by atoms with van der Waals surface area (Å²) in [5.41, 5.74) is 15.8. The van der Waals surface area contributed by atoms with E-state index in [4.69, 9.17) is 11.5 Å². The van der Waals surface area contributed by atoms with Crippen LogP contribution in [0, 0.1) is 0 Å². The monoisotopic (exact) mass is 395 g/mol. The van der Waals surface area contributed by atoms with Crippen LogP contribution in [0.4, 0.5) is 22.7 Å². The first kappa shape index (κ1) is 21.0. The fraction of sp³-hybridized carbons (Fsp3) is 0.111. The molecule has 0 saturated heterocycles. The minimum absolute atomic E-state index is 0.149. The lowest BCUT2D eigenvalue weighted by molar-refractivity contribution is 0.536. The number of hydrogen-bond acceptors (Lipinski definition) is 3. The zero-order chi connectivity index (χ0) is 21.4. The second-order valence-electron chi connectivity index (χ2n) is 7.60. The van der Waals surface area contributed by atoms with Crippen molar-refractivity contribution in [3.8, 4) is 0 Å². The van der Waals surface area contributed by atoms with Crippen molar-refractivity contribution in [2.24, 2.45) is 0 Å². The molecule has 4 rings (SSSR count). The summed E-state index contributed by atoms with van der Waals surface area (Å²) in [4.78, 5) is 2.39. The highest BCUT2D eigenvalue weighted by molar-refractivity contribution is 5.66. The fourth-order valence-electron chi connectivity index (χ4n) is 3.42. The quantitative estimate of drug-likeness (QED) is 0.382. The van der Waals surface area contributed by atoms with Gasteiger partial charge in [0.2, 0.25) is 0 Å². The van der Waals surface area contributed by atoms with Crippen LogP contribution in [0.15, 0.2) is 115 Å². The van der Waals surface area contributed by atoms with Crippen LogP contribution in [0.5, 0.6) is 0 Å². The normalized spacial score (nSPS) is 10.6. The topological polar surface area (TPSA) is 55.3 Å². The molecule has 0 amide bonds. The molecule has 4 aromatic rings. The van der Waals surface area contributed by atoms with Crippen molar-refractivity contribution in [3.63, 3.8) is 0 Å². The minimum atomic E-state index is -0.149. The van der Waals surface area contributed by atoms with E-state index in [9.17, 15) is 0 Å². The molecule has 0 saturated carbocycles. The van der Waals surface area contributed by atoms with Gasteiger partial charge in [0.1, 0.15) is 0 Å². The molecule has 0 aliphatic carbocycles. The summed E-state index contributed by atoms with van der Waals surface area (Å²) in [6, 6.07) is 38.9. The van der Waals surface area contributed by atoms with Crippen LogP contribution in [0.2, 0.25) is 0 Å². The fourth-order valence-corrected chi connectivity index (χ4v) is 3.42. The summed E-state index contributed by atoms with van der Waals surface area (Å²) >= 11 is 0. The maximum atomic E-state index is 5.37. The Morgan fingerprint density at radius 2 is 0.833 bits per heavy atom. The molecule has 4 N–H and O–H groups in total. The Morgan fingerprint density at radius 1 is 0.500 bits per heavy atom. The van der Waals surface area contributed by atoms with Crippen LogP contribution < -0.4 is 16.4 Å². The van der Waals surface area contributed by atoms with Gasteiger partial charge >= 0.3 is 0 Å². The highest BCUT2D eigenvalue weighted by Gasteiger charge is 2.30. The summed E-state index contributed by atoms with van der Waals surface area (Å²) in [7, 11) is 0. The molecule has 3 heteroatoms. The lowest BCUT2D eigenvalue weighted by Crippen LogP contribution is -2.38. The van der Waals surface area contributed by atoms with Gasteiger partial charge in [0, 0.05) is 22.7 Å². The third kappa shape index (κ3) is 5.21. The van der Waals surface area contributed by atoms with Crippen LogP contribution in [0.3, 0.4) is 0 Å². The molecule has 0 heterocycles. The zero-order valence-electron chi connectivity index (χ0n) is 17.6. The molecule has 0 bridgehead atoms. The van der Waals surface area contributed by atoms with E-state index in [0.29, 0.717) is 0 Å². The molecule has 0 radical (unpaired) electrons. The molecule has 0 aliphatic heterocycles. The number of para-hydroxylation sites is 2. The van der Waals surface area contributed by atoms with Gasteiger partial charge in [-0.05, 0) is 67.9 Å². The average molecular weight is 396 g/mol. The Labute approximate surface area is 179 Å². The molecule has 0 fully saturated rings. The van der Waals surface area contributed by atoms with Crippen LogP contribution >= 0.6 is 0 Å². The van der Waals surface area contributed by atoms with E-state index in [0.717, 1.165) is 11.4 Å². The summed E-state index contributed by atoms with van der Waals surface area (Å²) in [5.74, 6) is 0. The Hall–Kier alpha value is -3.72. The van der Waals surface area contributed by atoms with Crippen LogP contribution in [0.25, 0.3) is 0 Å². The molecule has 152 valence electrons. The second-order valence-corrected chi connectivity index (χ2v) is 7.60. The lowest BCUT2D eigenvalue weighted by atomic mass is 9.91. The van der Waals surface area contributed by atoms with Crippen molar-refractivity contribution in [3.05, 3.63) is 121 Å². The van der Waals surface area contributed by atoms with E-state index in [-0.39, 0.29) is 5.54 Å². The number of anilines is 4. The average Bonchev–Trinajstić information content (AvgIpc) is 2.78. The summed E-state index contributed by atoms with van der Waals surface area (Å²) in [6.07, 6.45) is 0. The summed E-state index contributed by atoms with van der Waals surface area (Å²) < 4.78 is 0. The molecule has 0 aromatic heterocycles. The molecule has 0 aliphatic rings. The van der Waals surface area contributed by atoms with E-state index < -0.39 is 0 Å². The van der Waals surface area contributed by atoms with Gasteiger partial charge in [0.05, 0.1) is 5.54 Å². The van der Waals surface area contributed by atoms with E-state index in [1.807, 2.05) is 0 Å². The highest BCUT2D eigenvalue weighted by Crippen LogP contribution is 2.38. The van der Waals surface area contributed by atoms with E-state index in [1.54, 1.807) is 24.3 Å². The Morgan fingerprint density at radius 3 is 1.20 bits per heavy atom. The smallest absolute Gasteiger partial charge is 0.0646 e. The van der Waals surface area contributed by atoms with Crippen molar-refractivity contribution in [1.29, 1.82) is 0 Å². The molecule has 0 atom stereocenters. The van der Waals surface area contributed by atoms with Crippen LogP contribution in [0.1, 0.15) is 19.4 Å². The van der Waals surface area contributed by atoms with Crippen molar-refractivity contribution in [1.82, 2.24) is 0 Å². The first-order chi connectivity index (χ1) is 14.5. The third-order valence-corrected chi connectivity index (χ3v) is 5.00. The molecule has 4 aromatic carbocycles. The molecule has 3 nitrogen and oxygen atoms in total. The predicted octanol–water partition coefficient (Wildman–Crippen LogP) is 6.61. The summed E-state index contributed by atoms with van der Waals surface area (Å²) in [5, 5.41) is 0. The van der Waals surface area contributed by atoms with E-state index in [1.165, 1.54) is 16.9 Å². The Kier molecular flexibility index (Phi) is 6.76. The number of hydrogen-bond donors (Lipinski definition) is 2. The third-order valence-electron chi connectivity index (χ3n) is 5.00. The van der Waals surface area contributed by atoms with Gasteiger partial charge in [-0.3, -0.25) is 0 Å². The van der Waals surface area contributed by atoms with Gasteiger partial charge in [-0.2, -0.15) is 0 Å². The second kappa shape index (κ2) is 9.66. The van der Waals surface area contributed by atoms with Gasteiger partial charge in [-0.25, -0.2) is 0 Å². The van der Waals surface area contributed by atoms with Gasteiger partial charge in [-0.15, -0.1) is 0 Å². The molecule has 0 spiro atoms. The molecular weight excluding hydrogens is 366 g/mol. The maximum Gasteiger partial charge on any atom is 0.0646 e. The van der Waals surface area contributed by atoms with E-state index >= 15 is 0 Å². The van der Waals surface area contributed by atoms with Gasteiger partial charge < -0.3 is 16.4 Å². The number of rotatable bonds is 4. The van der Waals surface area contributed by atoms with Gasteiger partial charge in [0.25, 0.3) is 0 Å². The van der Waals surface area contributed by atoms with Gasteiger partial charge in [0.15, 0.2) is 0 Å². The number of nitrogens with two attached hydrogens (primary N) is 2. The molecule has 0 unspecified atom stereocenters. The minimum Gasteiger partial charge on any atom is -0.399 e. The van der Waals surface area contributed by atoms with Gasteiger partial charge in [-0.1, -0.05) is 66.7 Å². The number of nitrogen functional groups attached to an aromatic ring is 2. The standard InChI is InChI=1S/C21H21N.C6H8N2/c1-21(2,18-12-6-3-7-13-18)22(19-14-8-4-9-15-19)20-16-10-5-11-17-20;7-5-1-2-6(8)4-3-5/h3-17H,1-2H3;1-4H,7-8H2.